The van der Waals surface area contributed by atoms with Crippen LogP contribution in [0.15, 0.2) is 0 Å². The van der Waals surface area contributed by atoms with Gasteiger partial charge < -0.3 is 9.53 Å². The molecule has 0 bridgehead atoms. The van der Waals surface area contributed by atoms with Gasteiger partial charge in [-0.05, 0) is 5.41 Å². The molecule has 0 aromatic heterocycles. The summed E-state index contributed by atoms with van der Waals surface area (Å²) >= 11 is 0. The molecule has 1 saturated carbocycles. The van der Waals surface area contributed by atoms with Crippen molar-refractivity contribution in [2.45, 2.75) is 13.8 Å². The monoisotopic (exact) mass is 156 g/mol. The molecule has 2 atom stereocenters. The van der Waals surface area contributed by atoms with Crippen molar-refractivity contribution in [1.82, 2.24) is 0 Å². The number of aldehydes is 1. The second-order valence-electron chi connectivity index (χ2n) is 3.48. The Balaban J connectivity index is 2.66. The maximum Gasteiger partial charge on any atom is 0.309 e. The van der Waals surface area contributed by atoms with Gasteiger partial charge in [-0.1, -0.05) is 13.8 Å². The molecule has 1 aliphatic carbocycles. The highest BCUT2D eigenvalue weighted by atomic mass is 16.5. The van der Waals surface area contributed by atoms with Crippen molar-refractivity contribution in [3.63, 3.8) is 0 Å². The minimum Gasteiger partial charge on any atom is -0.469 e. The quantitative estimate of drug-likeness (QED) is 0.435. The zero-order valence-corrected chi connectivity index (χ0v) is 6.96. The average Bonchev–Trinajstić information content (AvgIpc) is 2.51. The lowest BCUT2D eigenvalue weighted by molar-refractivity contribution is -0.143. The molecule has 11 heavy (non-hydrogen) atoms. The van der Waals surface area contributed by atoms with E-state index in [0.29, 0.717) is 0 Å². The van der Waals surface area contributed by atoms with Crippen molar-refractivity contribution in [3.8, 4) is 0 Å². The van der Waals surface area contributed by atoms with Crippen molar-refractivity contribution in [1.29, 1.82) is 0 Å². The lowest BCUT2D eigenvalue weighted by atomic mass is 10.1. The first-order chi connectivity index (χ1) is 5.05. The van der Waals surface area contributed by atoms with Gasteiger partial charge in [-0.15, -0.1) is 0 Å². The Labute approximate surface area is 65.7 Å². The van der Waals surface area contributed by atoms with Crippen LogP contribution in [-0.4, -0.2) is 19.4 Å². The first-order valence-electron chi connectivity index (χ1n) is 3.58. The van der Waals surface area contributed by atoms with Crippen molar-refractivity contribution in [2.75, 3.05) is 7.11 Å². The topological polar surface area (TPSA) is 43.4 Å². The molecule has 1 aliphatic rings. The maximum atomic E-state index is 11.0. The molecule has 1 rings (SSSR count). The molecule has 0 aromatic rings. The fourth-order valence-corrected chi connectivity index (χ4v) is 1.51. The Morgan fingerprint density at radius 2 is 2.09 bits per heavy atom. The zero-order chi connectivity index (χ0) is 8.65. The van der Waals surface area contributed by atoms with Crippen molar-refractivity contribution >= 4 is 12.3 Å². The summed E-state index contributed by atoms with van der Waals surface area (Å²) in [6, 6.07) is 0. The van der Waals surface area contributed by atoms with Gasteiger partial charge in [0.05, 0.1) is 13.0 Å². The number of carbonyl (C=O) groups is 2. The lowest BCUT2D eigenvalue weighted by Crippen LogP contribution is -2.07. The van der Waals surface area contributed by atoms with Gasteiger partial charge in [0.1, 0.15) is 6.29 Å². The summed E-state index contributed by atoms with van der Waals surface area (Å²) in [4.78, 5) is 21.4. The van der Waals surface area contributed by atoms with E-state index in [2.05, 4.69) is 4.74 Å². The Morgan fingerprint density at radius 3 is 2.36 bits per heavy atom. The highest BCUT2D eigenvalue weighted by Crippen LogP contribution is 2.57. The molecule has 0 radical (unpaired) electrons. The van der Waals surface area contributed by atoms with E-state index in [1.807, 2.05) is 13.8 Å². The summed E-state index contributed by atoms with van der Waals surface area (Å²) in [6.07, 6.45) is 0.835. The molecule has 0 aliphatic heterocycles. The number of carbonyl (C=O) groups excluding carboxylic acids is 2. The molecule has 62 valence electrons. The second-order valence-corrected chi connectivity index (χ2v) is 3.48. The number of esters is 1. The second kappa shape index (κ2) is 2.32. The fourth-order valence-electron chi connectivity index (χ4n) is 1.51. The third-order valence-corrected chi connectivity index (χ3v) is 2.51. The molecule has 0 spiro atoms. The Morgan fingerprint density at radius 1 is 1.55 bits per heavy atom. The van der Waals surface area contributed by atoms with Crippen LogP contribution >= 0.6 is 0 Å². The van der Waals surface area contributed by atoms with Crippen LogP contribution in [0.5, 0.6) is 0 Å². The van der Waals surface area contributed by atoms with E-state index in [4.69, 9.17) is 0 Å². The summed E-state index contributed by atoms with van der Waals surface area (Å²) in [5.41, 5.74) is -0.186. The van der Waals surface area contributed by atoms with Crippen LogP contribution in [0.25, 0.3) is 0 Å². The number of methoxy groups -OCH3 is 1. The van der Waals surface area contributed by atoms with E-state index in [-0.39, 0.29) is 23.2 Å². The summed E-state index contributed by atoms with van der Waals surface area (Å²) in [7, 11) is 1.35. The van der Waals surface area contributed by atoms with Crippen molar-refractivity contribution in [3.05, 3.63) is 0 Å². The van der Waals surface area contributed by atoms with Crippen molar-refractivity contribution < 1.29 is 14.3 Å². The lowest BCUT2D eigenvalue weighted by Gasteiger charge is -1.98. The molecular formula is C8H12O3. The molecule has 0 amide bonds. The molecule has 0 N–H and O–H groups in total. The number of ether oxygens (including phenoxy) is 1. The largest absolute Gasteiger partial charge is 0.469 e. The van der Waals surface area contributed by atoms with E-state index in [1.165, 1.54) is 7.11 Å². The smallest absolute Gasteiger partial charge is 0.309 e. The van der Waals surface area contributed by atoms with Crippen LogP contribution in [0.1, 0.15) is 13.8 Å². The van der Waals surface area contributed by atoms with Gasteiger partial charge in [-0.2, -0.15) is 0 Å². The summed E-state index contributed by atoms with van der Waals surface area (Å²) in [5, 5.41) is 0. The van der Waals surface area contributed by atoms with E-state index in [1.54, 1.807) is 0 Å². The summed E-state index contributed by atoms with van der Waals surface area (Å²) in [5.74, 6) is -0.632. The Hall–Kier alpha value is -0.860. The van der Waals surface area contributed by atoms with Crippen LogP contribution in [0, 0.1) is 17.3 Å². The number of hydrogen-bond acceptors (Lipinski definition) is 3. The third kappa shape index (κ3) is 1.04. The minimum atomic E-state index is -0.271. The summed E-state index contributed by atoms with van der Waals surface area (Å²) < 4.78 is 4.54. The maximum absolute atomic E-state index is 11.0. The first kappa shape index (κ1) is 8.24. The van der Waals surface area contributed by atoms with Gasteiger partial charge in [0.2, 0.25) is 0 Å². The third-order valence-electron chi connectivity index (χ3n) is 2.51. The predicted octanol–water partition coefficient (Wildman–Crippen LogP) is 0.630. The molecule has 1 unspecified atom stereocenters. The number of hydrogen-bond donors (Lipinski definition) is 0. The minimum absolute atomic E-state index is 0.144. The van der Waals surface area contributed by atoms with Gasteiger partial charge in [-0.3, -0.25) is 4.79 Å². The zero-order valence-electron chi connectivity index (χ0n) is 6.96. The van der Waals surface area contributed by atoms with Crippen LogP contribution in [-0.2, 0) is 14.3 Å². The van der Waals surface area contributed by atoms with Gasteiger partial charge in [-0.25, -0.2) is 0 Å². The van der Waals surface area contributed by atoms with E-state index >= 15 is 0 Å². The molecular weight excluding hydrogens is 144 g/mol. The van der Waals surface area contributed by atoms with Crippen LogP contribution in [0.3, 0.4) is 0 Å². The molecule has 3 heteroatoms. The molecule has 0 aromatic carbocycles. The predicted molar refractivity (Wildman–Crippen MR) is 38.8 cm³/mol. The van der Waals surface area contributed by atoms with E-state index in [0.717, 1.165) is 6.29 Å². The SMILES string of the molecule is COC(=O)[C@@H]1C(C=O)C1(C)C. The van der Waals surface area contributed by atoms with Gasteiger partial charge in [0.15, 0.2) is 0 Å². The molecule has 0 saturated heterocycles. The standard InChI is InChI=1S/C8H12O3/c1-8(2)5(4-9)6(8)7(10)11-3/h4-6H,1-3H3/t5?,6-/m0/s1. The highest BCUT2D eigenvalue weighted by Gasteiger charge is 2.62. The van der Waals surface area contributed by atoms with Crippen molar-refractivity contribution in [2.24, 2.45) is 17.3 Å². The average molecular weight is 156 g/mol. The molecule has 1 fully saturated rings. The van der Waals surface area contributed by atoms with E-state index in [9.17, 15) is 9.59 Å². The van der Waals surface area contributed by atoms with Crippen LogP contribution < -0.4 is 0 Å². The highest BCUT2D eigenvalue weighted by molar-refractivity contribution is 5.84. The van der Waals surface area contributed by atoms with Gasteiger partial charge >= 0.3 is 5.97 Å². The van der Waals surface area contributed by atoms with Gasteiger partial charge in [0.25, 0.3) is 0 Å². The van der Waals surface area contributed by atoms with Crippen LogP contribution in [0.4, 0.5) is 0 Å². The Bertz CT molecular complexity index is 196. The van der Waals surface area contributed by atoms with Gasteiger partial charge in [0, 0.05) is 5.92 Å². The Kier molecular flexibility index (Phi) is 1.74. The normalized spacial score (nSPS) is 32.6. The first-order valence-corrected chi connectivity index (χ1v) is 3.58. The van der Waals surface area contributed by atoms with Crippen LogP contribution in [0.2, 0.25) is 0 Å². The fraction of sp³-hybridized carbons (Fsp3) is 0.750. The molecule has 0 heterocycles. The summed E-state index contributed by atoms with van der Waals surface area (Å²) in [6.45, 7) is 3.79. The van der Waals surface area contributed by atoms with E-state index < -0.39 is 0 Å². The number of rotatable bonds is 2. The molecule has 3 nitrogen and oxygen atoms in total.